The summed E-state index contributed by atoms with van der Waals surface area (Å²) in [5.74, 6) is -0.892. The zero-order valence-electron chi connectivity index (χ0n) is 10.9. The fraction of sp³-hybridized carbons (Fsp3) is 0.462. The van der Waals surface area contributed by atoms with E-state index in [0.717, 1.165) is 18.5 Å². The lowest BCUT2D eigenvalue weighted by Gasteiger charge is -2.13. The highest BCUT2D eigenvalue weighted by molar-refractivity contribution is 5.77. The molecule has 0 bridgehead atoms. The van der Waals surface area contributed by atoms with Gasteiger partial charge in [-0.25, -0.2) is 4.79 Å². The first-order valence-electron chi connectivity index (χ1n) is 5.68. The Morgan fingerprint density at radius 3 is 2.67 bits per heavy atom. The molecule has 0 spiro atoms. The zero-order valence-corrected chi connectivity index (χ0v) is 10.9. The second-order valence-corrected chi connectivity index (χ2v) is 4.37. The molecule has 5 heteroatoms. The van der Waals surface area contributed by atoms with Gasteiger partial charge in [0.1, 0.15) is 5.75 Å². The molecule has 0 amide bonds. The summed E-state index contributed by atoms with van der Waals surface area (Å²) in [6.07, 6.45) is -0.678. The SMILES string of the molecule is COC(=O)C(O)c1cc(CCN(C)C)ccc1O. The highest BCUT2D eigenvalue weighted by Crippen LogP contribution is 2.26. The summed E-state index contributed by atoms with van der Waals surface area (Å²) >= 11 is 0. The van der Waals surface area contributed by atoms with Gasteiger partial charge >= 0.3 is 5.97 Å². The summed E-state index contributed by atoms with van der Waals surface area (Å²) in [6, 6.07) is 4.87. The molecule has 1 aromatic carbocycles. The number of nitrogens with zero attached hydrogens (tertiary/aromatic N) is 1. The van der Waals surface area contributed by atoms with E-state index < -0.39 is 12.1 Å². The van der Waals surface area contributed by atoms with Crippen molar-refractivity contribution in [1.29, 1.82) is 0 Å². The van der Waals surface area contributed by atoms with Gasteiger partial charge in [-0.2, -0.15) is 0 Å². The summed E-state index contributed by atoms with van der Waals surface area (Å²) in [5.41, 5.74) is 1.12. The first-order chi connectivity index (χ1) is 8.45. The van der Waals surface area contributed by atoms with Crippen LogP contribution < -0.4 is 0 Å². The maximum absolute atomic E-state index is 11.3. The second-order valence-electron chi connectivity index (χ2n) is 4.37. The fourth-order valence-corrected chi connectivity index (χ4v) is 1.57. The summed E-state index contributed by atoms with van der Waals surface area (Å²) in [4.78, 5) is 13.3. The molecule has 0 heterocycles. The smallest absolute Gasteiger partial charge is 0.339 e. The normalized spacial score (nSPS) is 12.5. The van der Waals surface area contributed by atoms with Crippen LogP contribution in [0.25, 0.3) is 0 Å². The van der Waals surface area contributed by atoms with Crippen molar-refractivity contribution in [3.05, 3.63) is 29.3 Å². The van der Waals surface area contributed by atoms with Gasteiger partial charge in [0.25, 0.3) is 0 Å². The molecule has 1 unspecified atom stereocenters. The number of carbonyl (C=O) groups is 1. The number of carbonyl (C=O) groups excluding carboxylic acids is 1. The Kier molecular flexibility index (Phi) is 5.12. The van der Waals surface area contributed by atoms with E-state index in [2.05, 4.69) is 4.74 Å². The summed E-state index contributed by atoms with van der Waals surface area (Å²) in [5, 5.41) is 19.4. The number of ether oxygens (including phenoxy) is 1. The van der Waals surface area contributed by atoms with Gasteiger partial charge in [0.05, 0.1) is 7.11 Å². The van der Waals surface area contributed by atoms with Crippen molar-refractivity contribution in [2.75, 3.05) is 27.7 Å². The van der Waals surface area contributed by atoms with Gasteiger partial charge in [-0.15, -0.1) is 0 Å². The largest absolute Gasteiger partial charge is 0.508 e. The van der Waals surface area contributed by atoms with Crippen molar-refractivity contribution in [3.63, 3.8) is 0 Å². The Morgan fingerprint density at radius 2 is 2.11 bits per heavy atom. The Bertz CT molecular complexity index is 417. The standard InChI is InChI=1S/C13H19NO4/c1-14(2)7-6-9-4-5-11(15)10(8-9)12(16)13(17)18-3/h4-5,8,12,15-16H,6-7H2,1-3H3. The van der Waals surface area contributed by atoms with Crippen LogP contribution in [0, 0.1) is 0 Å². The number of benzene rings is 1. The van der Waals surface area contributed by atoms with E-state index >= 15 is 0 Å². The number of rotatable bonds is 5. The predicted octanol–water partition coefficient (Wildman–Crippen LogP) is 0.703. The van der Waals surface area contributed by atoms with E-state index in [1.165, 1.54) is 13.2 Å². The van der Waals surface area contributed by atoms with Crippen LogP contribution in [0.1, 0.15) is 17.2 Å². The molecule has 0 aliphatic heterocycles. The number of hydrogen-bond donors (Lipinski definition) is 2. The topological polar surface area (TPSA) is 70.0 Å². The molecule has 0 radical (unpaired) electrons. The molecule has 0 saturated heterocycles. The van der Waals surface area contributed by atoms with E-state index in [4.69, 9.17) is 0 Å². The Balaban J connectivity index is 2.90. The molecule has 1 rings (SSSR count). The monoisotopic (exact) mass is 253 g/mol. The number of hydrogen-bond acceptors (Lipinski definition) is 5. The predicted molar refractivity (Wildman–Crippen MR) is 67.3 cm³/mol. The van der Waals surface area contributed by atoms with Crippen molar-refractivity contribution in [3.8, 4) is 5.75 Å². The number of phenols is 1. The van der Waals surface area contributed by atoms with Crippen molar-refractivity contribution < 1.29 is 19.7 Å². The van der Waals surface area contributed by atoms with E-state index in [9.17, 15) is 15.0 Å². The number of esters is 1. The first kappa shape index (κ1) is 14.5. The minimum atomic E-state index is -1.45. The van der Waals surface area contributed by atoms with Crippen LogP contribution in [0.3, 0.4) is 0 Å². The van der Waals surface area contributed by atoms with Crippen molar-refractivity contribution >= 4 is 5.97 Å². The fourth-order valence-electron chi connectivity index (χ4n) is 1.57. The quantitative estimate of drug-likeness (QED) is 0.756. The van der Waals surface area contributed by atoms with Crippen LogP contribution in [0.4, 0.5) is 0 Å². The third kappa shape index (κ3) is 3.72. The minimum absolute atomic E-state index is 0.110. The second kappa shape index (κ2) is 6.37. The maximum Gasteiger partial charge on any atom is 0.339 e. The van der Waals surface area contributed by atoms with Crippen LogP contribution in [-0.4, -0.2) is 48.8 Å². The molecular weight excluding hydrogens is 234 g/mol. The Morgan fingerprint density at radius 1 is 1.44 bits per heavy atom. The summed E-state index contributed by atoms with van der Waals surface area (Å²) in [6.45, 7) is 0.846. The number of aliphatic hydroxyl groups excluding tert-OH is 1. The third-order valence-electron chi connectivity index (χ3n) is 2.66. The van der Waals surface area contributed by atoms with E-state index in [-0.39, 0.29) is 11.3 Å². The van der Waals surface area contributed by atoms with Crippen LogP contribution in [0.2, 0.25) is 0 Å². The van der Waals surface area contributed by atoms with Gasteiger partial charge in [0.15, 0.2) is 6.10 Å². The molecule has 2 N–H and O–H groups in total. The summed E-state index contributed by atoms with van der Waals surface area (Å²) in [7, 11) is 5.12. The van der Waals surface area contributed by atoms with Crippen LogP contribution >= 0.6 is 0 Å². The molecule has 0 aliphatic carbocycles. The van der Waals surface area contributed by atoms with Gasteiger partial charge in [-0.05, 0) is 38.2 Å². The van der Waals surface area contributed by atoms with Gasteiger partial charge in [0.2, 0.25) is 0 Å². The average Bonchev–Trinajstić information content (AvgIpc) is 2.35. The molecular formula is C13H19NO4. The zero-order chi connectivity index (χ0) is 13.7. The minimum Gasteiger partial charge on any atom is -0.508 e. The van der Waals surface area contributed by atoms with Gasteiger partial charge in [-0.3, -0.25) is 0 Å². The third-order valence-corrected chi connectivity index (χ3v) is 2.66. The number of aliphatic hydroxyl groups is 1. The van der Waals surface area contributed by atoms with Crippen LogP contribution in [-0.2, 0) is 16.0 Å². The lowest BCUT2D eigenvalue weighted by Crippen LogP contribution is -2.16. The Labute approximate surface area is 107 Å². The number of methoxy groups -OCH3 is 1. The first-order valence-corrected chi connectivity index (χ1v) is 5.68. The molecule has 0 fully saturated rings. The molecule has 100 valence electrons. The number of aromatic hydroxyl groups is 1. The van der Waals surface area contributed by atoms with Crippen LogP contribution in [0.15, 0.2) is 18.2 Å². The number of likely N-dealkylation sites (N-methyl/N-ethyl adjacent to an activating group) is 1. The van der Waals surface area contributed by atoms with Crippen molar-refractivity contribution in [2.45, 2.75) is 12.5 Å². The lowest BCUT2D eigenvalue weighted by atomic mass is 10.0. The molecule has 1 atom stereocenters. The highest BCUT2D eigenvalue weighted by atomic mass is 16.5. The van der Waals surface area contributed by atoms with Crippen molar-refractivity contribution in [1.82, 2.24) is 4.90 Å². The summed E-state index contributed by atoms with van der Waals surface area (Å²) < 4.78 is 4.45. The molecule has 0 aromatic heterocycles. The Hall–Kier alpha value is -1.59. The van der Waals surface area contributed by atoms with Crippen molar-refractivity contribution in [2.24, 2.45) is 0 Å². The molecule has 1 aromatic rings. The molecule has 0 aliphatic rings. The average molecular weight is 253 g/mol. The van der Waals surface area contributed by atoms with Crippen LogP contribution in [0.5, 0.6) is 5.75 Å². The van der Waals surface area contributed by atoms with E-state index in [0.29, 0.717) is 0 Å². The van der Waals surface area contributed by atoms with E-state index in [1.54, 1.807) is 12.1 Å². The molecule has 18 heavy (non-hydrogen) atoms. The highest BCUT2D eigenvalue weighted by Gasteiger charge is 2.21. The number of phenolic OH excluding ortho intramolecular Hbond substituents is 1. The van der Waals surface area contributed by atoms with Gasteiger partial charge in [-0.1, -0.05) is 6.07 Å². The van der Waals surface area contributed by atoms with Gasteiger partial charge in [0, 0.05) is 12.1 Å². The molecule has 0 saturated carbocycles. The molecule has 5 nitrogen and oxygen atoms in total. The lowest BCUT2D eigenvalue weighted by molar-refractivity contribution is -0.150. The maximum atomic E-state index is 11.3. The van der Waals surface area contributed by atoms with Gasteiger partial charge < -0.3 is 19.8 Å². The van der Waals surface area contributed by atoms with E-state index in [1.807, 2.05) is 19.0 Å².